The van der Waals surface area contributed by atoms with Crippen molar-refractivity contribution < 1.29 is 4.79 Å². The molecule has 0 spiro atoms. The lowest BCUT2D eigenvalue weighted by atomic mass is 10.1. The maximum absolute atomic E-state index is 11.7. The quantitative estimate of drug-likeness (QED) is 0.794. The second-order valence-corrected chi connectivity index (χ2v) is 4.41. The van der Waals surface area contributed by atoms with Crippen LogP contribution in [-0.4, -0.2) is 12.5 Å². The number of nitrogens with two attached hydrogens (primary N) is 1. The average molecular weight is 234 g/mol. The number of rotatable bonds is 6. The maximum Gasteiger partial charge on any atom is 0.227 e. The first-order chi connectivity index (χ1) is 8.17. The molecule has 1 unspecified atom stereocenters. The average Bonchev–Trinajstić information content (AvgIpc) is 2.32. The molecule has 0 aromatic heterocycles. The zero-order valence-corrected chi connectivity index (χ0v) is 10.7. The number of aryl methyl sites for hydroxylation is 1. The minimum absolute atomic E-state index is 0.0321. The van der Waals surface area contributed by atoms with Crippen molar-refractivity contribution in [2.45, 2.75) is 33.1 Å². The smallest absolute Gasteiger partial charge is 0.227 e. The maximum atomic E-state index is 11.7. The van der Waals surface area contributed by atoms with E-state index in [1.54, 1.807) is 0 Å². The highest BCUT2D eigenvalue weighted by atomic mass is 16.1. The molecule has 0 saturated heterocycles. The van der Waals surface area contributed by atoms with Crippen molar-refractivity contribution in [1.29, 1.82) is 0 Å². The Hall–Kier alpha value is -1.35. The van der Waals surface area contributed by atoms with Crippen LogP contribution in [0.15, 0.2) is 24.3 Å². The first kappa shape index (κ1) is 13.7. The molecule has 0 radical (unpaired) electrons. The Morgan fingerprint density at radius 2 is 2.00 bits per heavy atom. The van der Waals surface area contributed by atoms with E-state index in [2.05, 4.69) is 24.4 Å². The van der Waals surface area contributed by atoms with E-state index in [0.29, 0.717) is 6.54 Å². The van der Waals surface area contributed by atoms with Crippen molar-refractivity contribution in [2.75, 3.05) is 11.9 Å². The van der Waals surface area contributed by atoms with Crippen LogP contribution < -0.4 is 11.1 Å². The third-order valence-electron chi connectivity index (χ3n) is 2.81. The molecule has 0 bridgehead atoms. The first-order valence-electron chi connectivity index (χ1n) is 6.27. The molecule has 0 aliphatic heterocycles. The Kier molecular flexibility index (Phi) is 5.70. The normalized spacial score (nSPS) is 12.2. The summed E-state index contributed by atoms with van der Waals surface area (Å²) in [4.78, 5) is 11.7. The topological polar surface area (TPSA) is 55.1 Å². The molecular weight excluding hydrogens is 212 g/mol. The summed E-state index contributed by atoms with van der Waals surface area (Å²) in [6.07, 6.45) is 2.94. The van der Waals surface area contributed by atoms with E-state index in [-0.39, 0.29) is 11.8 Å². The number of carbonyl (C=O) groups is 1. The predicted molar refractivity (Wildman–Crippen MR) is 71.9 cm³/mol. The monoisotopic (exact) mass is 234 g/mol. The molecule has 94 valence electrons. The van der Waals surface area contributed by atoms with Crippen LogP contribution in [0.2, 0.25) is 0 Å². The molecule has 1 aromatic rings. The van der Waals surface area contributed by atoms with E-state index in [0.717, 1.165) is 24.9 Å². The van der Waals surface area contributed by atoms with E-state index < -0.39 is 0 Å². The zero-order chi connectivity index (χ0) is 12.7. The molecular formula is C14H22N2O. The van der Waals surface area contributed by atoms with Gasteiger partial charge >= 0.3 is 0 Å². The number of nitrogens with one attached hydrogen (secondary N) is 1. The molecule has 3 nitrogen and oxygen atoms in total. The highest BCUT2D eigenvalue weighted by Gasteiger charge is 2.11. The lowest BCUT2D eigenvalue weighted by Crippen LogP contribution is -2.22. The number of benzene rings is 1. The van der Waals surface area contributed by atoms with E-state index in [1.807, 2.05) is 19.1 Å². The Morgan fingerprint density at radius 3 is 2.53 bits per heavy atom. The standard InChI is InChI=1S/C14H22N2O/c1-3-4-12-5-7-13(8-6-12)16-14(17)11(2)9-10-15/h5-8,11H,3-4,9-10,15H2,1-2H3,(H,16,17). The summed E-state index contributed by atoms with van der Waals surface area (Å²) >= 11 is 0. The number of amides is 1. The van der Waals surface area contributed by atoms with Crippen molar-refractivity contribution in [2.24, 2.45) is 11.7 Å². The van der Waals surface area contributed by atoms with Gasteiger partial charge in [0.1, 0.15) is 0 Å². The molecule has 3 N–H and O–H groups in total. The molecule has 0 aliphatic carbocycles. The second-order valence-electron chi connectivity index (χ2n) is 4.41. The number of anilines is 1. The van der Waals surface area contributed by atoms with Gasteiger partial charge < -0.3 is 11.1 Å². The van der Waals surface area contributed by atoms with E-state index in [4.69, 9.17) is 5.73 Å². The van der Waals surface area contributed by atoms with Crippen LogP contribution in [-0.2, 0) is 11.2 Å². The van der Waals surface area contributed by atoms with Crippen LogP contribution in [0, 0.1) is 5.92 Å². The highest BCUT2D eigenvalue weighted by molar-refractivity contribution is 5.92. The molecule has 0 fully saturated rings. The SMILES string of the molecule is CCCc1ccc(NC(=O)C(C)CCN)cc1. The predicted octanol–water partition coefficient (Wildman–Crippen LogP) is 2.56. The van der Waals surface area contributed by atoms with Gasteiger partial charge in [-0.05, 0) is 37.1 Å². The van der Waals surface area contributed by atoms with Crippen molar-refractivity contribution in [3.05, 3.63) is 29.8 Å². The second kappa shape index (κ2) is 7.07. The van der Waals surface area contributed by atoms with Gasteiger partial charge in [-0.3, -0.25) is 4.79 Å². The van der Waals surface area contributed by atoms with Crippen LogP contribution >= 0.6 is 0 Å². The molecule has 1 amide bonds. The minimum Gasteiger partial charge on any atom is -0.330 e. The van der Waals surface area contributed by atoms with Crippen molar-refractivity contribution in [3.63, 3.8) is 0 Å². The van der Waals surface area contributed by atoms with Crippen molar-refractivity contribution in [3.8, 4) is 0 Å². The Balaban J connectivity index is 2.53. The van der Waals surface area contributed by atoms with Gasteiger partial charge in [0, 0.05) is 11.6 Å². The van der Waals surface area contributed by atoms with Crippen LogP contribution in [0.4, 0.5) is 5.69 Å². The Labute approximate surface area is 103 Å². The molecule has 3 heteroatoms. The van der Waals surface area contributed by atoms with Crippen LogP contribution in [0.25, 0.3) is 0 Å². The van der Waals surface area contributed by atoms with Crippen LogP contribution in [0.3, 0.4) is 0 Å². The number of carbonyl (C=O) groups excluding carboxylic acids is 1. The number of hydrogen-bond donors (Lipinski definition) is 2. The fraction of sp³-hybridized carbons (Fsp3) is 0.500. The van der Waals surface area contributed by atoms with Gasteiger partial charge in [-0.2, -0.15) is 0 Å². The first-order valence-corrected chi connectivity index (χ1v) is 6.27. The summed E-state index contributed by atoms with van der Waals surface area (Å²) < 4.78 is 0. The Morgan fingerprint density at radius 1 is 1.35 bits per heavy atom. The van der Waals surface area contributed by atoms with Gasteiger partial charge in [-0.15, -0.1) is 0 Å². The lowest BCUT2D eigenvalue weighted by molar-refractivity contribution is -0.119. The van der Waals surface area contributed by atoms with Gasteiger partial charge in [0.25, 0.3) is 0 Å². The molecule has 1 atom stereocenters. The lowest BCUT2D eigenvalue weighted by Gasteiger charge is -2.11. The molecule has 0 heterocycles. The zero-order valence-electron chi connectivity index (χ0n) is 10.7. The molecule has 17 heavy (non-hydrogen) atoms. The van der Waals surface area contributed by atoms with Crippen molar-refractivity contribution >= 4 is 11.6 Å². The van der Waals surface area contributed by atoms with Gasteiger partial charge in [0.15, 0.2) is 0 Å². The van der Waals surface area contributed by atoms with Crippen LogP contribution in [0.1, 0.15) is 32.3 Å². The summed E-state index contributed by atoms with van der Waals surface area (Å²) in [5.74, 6) is 0.00834. The minimum atomic E-state index is -0.0321. The van der Waals surface area contributed by atoms with E-state index >= 15 is 0 Å². The summed E-state index contributed by atoms with van der Waals surface area (Å²) in [7, 11) is 0. The fourth-order valence-electron chi connectivity index (χ4n) is 1.69. The van der Waals surface area contributed by atoms with Gasteiger partial charge in [0.05, 0.1) is 0 Å². The summed E-state index contributed by atoms with van der Waals surface area (Å²) in [5.41, 5.74) is 7.60. The molecule has 0 saturated carbocycles. The largest absolute Gasteiger partial charge is 0.330 e. The van der Waals surface area contributed by atoms with Gasteiger partial charge in [0.2, 0.25) is 5.91 Å². The summed E-state index contributed by atoms with van der Waals surface area (Å²) in [5, 5.41) is 2.90. The van der Waals surface area contributed by atoms with Gasteiger partial charge in [-0.1, -0.05) is 32.4 Å². The third-order valence-corrected chi connectivity index (χ3v) is 2.81. The summed E-state index contributed by atoms with van der Waals surface area (Å²) in [6, 6.07) is 8.04. The van der Waals surface area contributed by atoms with Gasteiger partial charge in [-0.25, -0.2) is 0 Å². The fourth-order valence-corrected chi connectivity index (χ4v) is 1.69. The Bertz CT molecular complexity index is 346. The molecule has 1 rings (SSSR count). The highest BCUT2D eigenvalue weighted by Crippen LogP contribution is 2.13. The van der Waals surface area contributed by atoms with E-state index in [9.17, 15) is 4.79 Å². The van der Waals surface area contributed by atoms with Crippen molar-refractivity contribution in [1.82, 2.24) is 0 Å². The molecule has 0 aliphatic rings. The summed E-state index contributed by atoms with van der Waals surface area (Å²) in [6.45, 7) is 4.60. The molecule has 1 aromatic carbocycles. The van der Waals surface area contributed by atoms with E-state index in [1.165, 1.54) is 5.56 Å². The number of hydrogen-bond acceptors (Lipinski definition) is 2. The van der Waals surface area contributed by atoms with Crippen LogP contribution in [0.5, 0.6) is 0 Å². The third kappa shape index (κ3) is 4.57.